The largest absolute Gasteiger partial charge is 0.462 e. The van der Waals surface area contributed by atoms with Gasteiger partial charge in [0.25, 0.3) is 0 Å². The second-order valence-electron chi connectivity index (χ2n) is 7.03. The summed E-state index contributed by atoms with van der Waals surface area (Å²) in [5, 5.41) is 6.11. The molecule has 0 amide bonds. The minimum Gasteiger partial charge on any atom is -0.462 e. The number of rotatable bonds is 5. The summed E-state index contributed by atoms with van der Waals surface area (Å²) >= 11 is 7.97. The molecule has 0 unspecified atom stereocenters. The lowest BCUT2D eigenvalue weighted by molar-refractivity contribution is 0.0525. The molecule has 4 rings (SSSR count). The zero-order valence-electron chi connectivity index (χ0n) is 17.3. The van der Waals surface area contributed by atoms with E-state index in [1.807, 2.05) is 69.7 Å². The lowest BCUT2D eigenvalue weighted by atomic mass is 10.1. The smallest absolute Gasteiger partial charge is 0.338 e. The summed E-state index contributed by atoms with van der Waals surface area (Å²) in [4.78, 5) is 14.5. The van der Waals surface area contributed by atoms with Crippen molar-refractivity contribution in [2.45, 2.75) is 30.6 Å². The third-order valence-electron chi connectivity index (χ3n) is 5.05. The highest BCUT2D eigenvalue weighted by Crippen LogP contribution is 2.41. The van der Waals surface area contributed by atoms with Crippen LogP contribution in [0.15, 0.2) is 58.6 Å². The van der Waals surface area contributed by atoms with Gasteiger partial charge in [0.2, 0.25) is 0 Å². The van der Waals surface area contributed by atoms with Crippen LogP contribution >= 0.6 is 23.4 Å². The Morgan fingerprint density at radius 3 is 2.73 bits per heavy atom. The molecule has 7 heteroatoms. The van der Waals surface area contributed by atoms with Gasteiger partial charge < -0.3 is 9.30 Å². The number of ether oxygens (including phenoxy) is 1. The zero-order chi connectivity index (χ0) is 21.4. The Kier molecular flexibility index (Phi) is 5.62. The number of hydrogen-bond donors (Lipinski definition) is 0. The third kappa shape index (κ3) is 3.61. The van der Waals surface area contributed by atoms with Crippen LogP contribution in [0.4, 0.5) is 0 Å². The quantitative estimate of drug-likeness (QED) is 0.360. The summed E-state index contributed by atoms with van der Waals surface area (Å²) < 4.78 is 9.16. The van der Waals surface area contributed by atoms with E-state index in [1.54, 1.807) is 16.4 Å². The molecular weight excluding hydrogens is 418 g/mol. The summed E-state index contributed by atoms with van der Waals surface area (Å²) in [6, 6.07) is 11.7. The van der Waals surface area contributed by atoms with Crippen molar-refractivity contribution in [3.05, 3.63) is 70.6 Å². The number of aryl methyl sites for hydroxylation is 1. The minimum absolute atomic E-state index is 0.293. The van der Waals surface area contributed by atoms with Crippen LogP contribution in [0.2, 0.25) is 5.02 Å². The van der Waals surface area contributed by atoms with Crippen molar-refractivity contribution in [3.8, 4) is 5.69 Å². The van der Waals surface area contributed by atoms with E-state index in [0.29, 0.717) is 17.2 Å². The van der Waals surface area contributed by atoms with Crippen LogP contribution < -0.4 is 0 Å². The predicted molar refractivity (Wildman–Crippen MR) is 121 cm³/mol. The highest BCUT2D eigenvalue weighted by Gasteiger charge is 2.20. The first kappa shape index (κ1) is 20.6. The van der Waals surface area contributed by atoms with Crippen LogP contribution in [0, 0.1) is 13.8 Å². The van der Waals surface area contributed by atoms with Crippen molar-refractivity contribution in [1.29, 1.82) is 0 Å². The highest BCUT2D eigenvalue weighted by molar-refractivity contribution is 7.99. The molecule has 30 heavy (non-hydrogen) atoms. The van der Waals surface area contributed by atoms with Gasteiger partial charge in [-0.1, -0.05) is 35.5 Å². The van der Waals surface area contributed by atoms with Crippen molar-refractivity contribution < 1.29 is 9.53 Å². The maximum Gasteiger partial charge on any atom is 0.338 e. The summed E-state index contributed by atoms with van der Waals surface area (Å²) in [5.41, 5.74) is 4.60. The van der Waals surface area contributed by atoms with Crippen LogP contribution in [-0.2, 0) is 11.8 Å². The van der Waals surface area contributed by atoms with E-state index in [-0.39, 0.29) is 5.97 Å². The number of halogens is 1. The molecule has 0 fully saturated rings. The molecular formula is C23H22ClN3O2S. The van der Waals surface area contributed by atoms with Crippen LogP contribution in [0.1, 0.15) is 28.5 Å². The summed E-state index contributed by atoms with van der Waals surface area (Å²) in [7, 11) is 1.90. The zero-order valence-corrected chi connectivity index (χ0v) is 18.8. The van der Waals surface area contributed by atoms with E-state index in [1.165, 1.54) is 0 Å². The van der Waals surface area contributed by atoms with Crippen molar-refractivity contribution in [3.63, 3.8) is 0 Å². The number of aromatic nitrogens is 3. The van der Waals surface area contributed by atoms with Crippen molar-refractivity contribution in [1.82, 2.24) is 14.3 Å². The van der Waals surface area contributed by atoms with Gasteiger partial charge in [0.1, 0.15) is 0 Å². The molecule has 0 atom stereocenters. The molecule has 0 aliphatic carbocycles. The number of hydrogen-bond acceptors (Lipinski definition) is 4. The number of nitrogens with zero attached hydrogens (tertiary/aromatic N) is 3. The molecule has 0 bridgehead atoms. The van der Waals surface area contributed by atoms with Crippen LogP contribution in [-0.4, -0.2) is 26.9 Å². The summed E-state index contributed by atoms with van der Waals surface area (Å²) in [5.74, 6) is -0.293. The Bertz CT molecular complexity index is 1260. The molecule has 4 aromatic rings. The first-order valence-electron chi connectivity index (χ1n) is 9.65. The van der Waals surface area contributed by atoms with Crippen molar-refractivity contribution >= 4 is 40.2 Å². The number of benzene rings is 2. The van der Waals surface area contributed by atoms with E-state index < -0.39 is 0 Å². The maximum absolute atomic E-state index is 12.3. The van der Waals surface area contributed by atoms with E-state index in [0.717, 1.165) is 37.6 Å². The third-order valence-corrected chi connectivity index (χ3v) is 6.67. The Hall–Kier alpha value is -2.70. The van der Waals surface area contributed by atoms with Crippen molar-refractivity contribution in [2.75, 3.05) is 6.61 Å². The fourth-order valence-electron chi connectivity index (χ4n) is 3.61. The number of esters is 1. The van der Waals surface area contributed by atoms with Gasteiger partial charge in [0.05, 0.1) is 29.6 Å². The summed E-state index contributed by atoms with van der Waals surface area (Å²) in [6.45, 7) is 6.22. The Balaban J connectivity index is 1.86. The molecule has 0 aliphatic heterocycles. The molecule has 0 aliphatic rings. The monoisotopic (exact) mass is 439 g/mol. The molecule has 0 radical (unpaired) electrons. The fourth-order valence-corrected chi connectivity index (χ4v) is 4.93. The van der Waals surface area contributed by atoms with Gasteiger partial charge in [0.15, 0.2) is 0 Å². The number of fused-ring (bicyclic) bond motifs is 1. The van der Waals surface area contributed by atoms with E-state index in [9.17, 15) is 4.79 Å². The topological polar surface area (TPSA) is 49.1 Å². The second-order valence-corrected chi connectivity index (χ2v) is 8.52. The van der Waals surface area contributed by atoms with Gasteiger partial charge in [-0.05, 0) is 50.6 Å². The van der Waals surface area contributed by atoms with E-state index >= 15 is 0 Å². The van der Waals surface area contributed by atoms with Crippen molar-refractivity contribution in [2.24, 2.45) is 7.05 Å². The van der Waals surface area contributed by atoms with Gasteiger partial charge in [-0.25, -0.2) is 4.79 Å². The molecule has 0 saturated carbocycles. The lowest BCUT2D eigenvalue weighted by Crippen LogP contribution is -2.07. The molecule has 154 valence electrons. The average Bonchev–Trinajstić information content (AvgIpc) is 3.24. The number of carbonyl (C=O) groups is 1. The molecule has 0 N–H and O–H groups in total. The molecule has 2 heterocycles. The molecule has 2 aromatic carbocycles. The molecule has 0 spiro atoms. The van der Waals surface area contributed by atoms with Crippen LogP contribution in [0.3, 0.4) is 0 Å². The number of carbonyl (C=O) groups excluding carboxylic acids is 1. The Labute approximate surface area is 184 Å². The van der Waals surface area contributed by atoms with E-state index in [2.05, 4.69) is 16.6 Å². The molecule has 0 saturated heterocycles. The Morgan fingerprint density at radius 2 is 2.03 bits per heavy atom. The normalized spacial score (nSPS) is 11.2. The van der Waals surface area contributed by atoms with Crippen LogP contribution in [0.5, 0.6) is 0 Å². The SMILES string of the molecule is CCOC(=O)c1cccc(Sc2c(C)n(-c3cnn(C)c3)c3cc(Cl)ccc23)c1C. The van der Waals surface area contributed by atoms with Gasteiger partial charge in [-0.2, -0.15) is 5.10 Å². The fraction of sp³-hybridized carbons (Fsp3) is 0.217. The first-order chi connectivity index (χ1) is 14.4. The van der Waals surface area contributed by atoms with Gasteiger partial charge in [-0.3, -0.25) is 4.68 Å². The Morgan fingerprint density at radius 1 is 1.23 bits per heavy atom. The minimum atomic E-state index is -0.293. The lowest BCUT2D eigenvalue weighted by Gasteiger charge is -2.11. The maximum atomic E-state index is 12.3. The highest BCUT2D eigenvalue weighted by atomic mass is 35.5. The summed E-state index contributed by atoms with van der Waals surface area (Å²) in [6.07, 6.45) is 3.82. The predicted octanol–water partition coefficient (Wildman–Crippen LogP) is 5.96. The van der Waals surface area contributed by atoms with Gasteiger partial charge >= 0.3 is 5.97 Å². The molecule has 2 aromatic heterocycles. The average molecular weight is 440 g/mol. The van der Waals surface area contributed by atoms with Gasteiger partial charge in [0, 0.05) is 39.1 Å². The van der Waals surface area contributed by atoms with Crippen LogP contribution in [0.25, 0.3) is 16.6 Å². The van der Waals surface area contributed by atoms with E-state index in [4.69, 9.17) is 16.3 Å². The van der Waals surface area contributed by atoms with Gasteiger partial charge in [-0.15, -0.1) is 0 Å². The second kappa shape index (κ2) is 8.20. The molecule has 5 nitrogen and oxygen atoms in total. The standard InChI is InChI=1S/C23H22ClN3O2S/c1-5-29-23(28)18-7-6-8-21(14(18)2)30-22-15(3)27(17-12-25-26(4)13-17)20-11-16(24)9-10-19(20)22/h6-13H,5H2,1-4H3. The first-order valence-corrected chi connectivity index (χ1v) is 10.8.